The van der Waals surface area contributed by atoms with Crippen LogP contribution in [0.1, 0.15) is 49.7 Å². The molecule has 0 aliphatic heterocycles. The molecule has 1 amide bonds. The summed E-state index contributed by atoms with van der Waals surface area (Å²) >= 11 is 1.47. The fourth-order valence-corrected chi connectivity index (χ4v) is 7.99. The monoisotopic (exact) mass is 486 g/mol. The van der Waals surface area contributed by atoms with Crippen molar-refractivity contribution in [2.24, 2.45) is 23.2 Å². The number of rotatable bonds is 7. The van der Waals surface area contributed by atoms with Gasteiger partial charge in [-0.05, 0) is 98.8 Å². The zero-order valence-electron chi connectivity index (χ0n) is 20.7. The van der Waals surface area contributed by atoms with E-state index in [9.17, 15) is 4.79 Å². The van der Waals surface area contributed by atoms with Gasteiger partial charge in [-0.15, -0.1) is 10.2 Å². The normalized spacial score (nSPS) is 26.7. The van der Waals surface area contributed by atoms with E-state index in [4.69, 9.17) is 0 Å². The highest BCUT2D eigenvalue weighted by Gasteiger charge is 2.50. The Kier molecular flexibility index (Phi) is 5.95. The van der Waals surface area contributed by atoms with E-state index in [0.29, 0.717) is 11.2 Å². The van der Waals surface area contributed by atoms with Gasteiger partial charge in [-0.25, -0.2) is 0 Å². The molecule has 4 saturated carbocycles. The number of nitrogens with one attached hydrogen (secondary N) is 1. The first-order valence-corrected chi connectivity index (χ1v) is 13.9. The molecule has 2 aromatic carbocycles. The molecule has 6 heteroatoms. The highest BCUT2D eigenvalue weighted by atomic mass is 32.2. The van der Waals surface area contributed by atoms with Crippen molar-refractivity contribution in [1.82, 2.24) is 20.1 Å². The smallest absolute Gasteiger partial charge is 0.230 e. The highest BCUT2D eigenvalue weighted by molar-refractivity contribution is 7.99. The Labute approximate surface area is 212 Å². The average Bonchev–Trinajstić information content (AvgIpc) is 3.27. The summed E-state index contributed by atoms with van der Waals surface area (Å²) < 4.78 is 2.08. The number of aryl methyl sites for hydroxylation is 2. The summed E-state index contributed by atoms with van der Waals surface area (Å²) in [5.74, 6) is 3.96. The molecule has 4 bridgehead atoms. The maximum Gasteiger partial charge on any atom is 0.230 e. The zero-order valence-corrected chi connectivity index (χ0v) is 21.5. The number of carbonyl (C=O) groups is 1. The lowest BCUT2D eigenvalue weighted by atomic mass is 9.49. The molecule has 0 spiro atoms. The van der Waals surface area contributed by atoms with Crippen LogP contribution in [0.2, 0.25) is 0 Å². The lowest BCUT2D eigenvalue weighted by Crippen LogP contribution is -2.51. The molecule has 0 radical (unpaired) electrons. The Morgan fingerprint density at radius 3 is 2.31 bits per heavy atom. The standard InChI is InChI=1S/C29H34N4OS/c1-19-8-9-25(10-20(19)2)33-27(24-6-4-3-5-7-24)31-32-28(33)35-17-26(34)30-18-29-14-21-11-22(15-29)13-23(12-21)16-29/h3-10,21-23H,11-18H2,1-2H3,(H,30,34). The van der Waals surface area contributed by atoms with Gasteiger partial charge in [0.1, 0.15) is 0 Å². The zero-order chi connectivity index (χ0) is 24.0. The number of amides is 1. The molecular weight excluding hydrogens is 452 g/mol. The third-order valence-corrected chi connectivity index (χ3v) is 9.50. The summed E-state index contributed by atoms with van der Waals surface area (Å²) in [6.07, 6.45) is 8.23. The largest absolute Gasteiger partial charge is 0.355 e. The Morgan fingerprint density at radius 2 is 1.66 bits per heavy atom. The number of nitrogens with zero attached hydrogens (tertiary/aromatic N) is 3. The van der Waals surface area contributed by atoms with Crippen molar-refractivity contribution in [3.8, 4) is 17.1 Å². The maximum absolute atomic E-state index is 12.9. The first kappa shape index (κ1) is 22.8. The predicted molar refractivity (Wildman–Crippen MR) is 141 cm³/mol. The summed E-state index contributed by atoms with van der Waals surface area (Å²) in [5.41, 5.74) is 4.86. The van der Waals surface area contributed by atoms with Gasteiger partial charge >= 0.3 is 0 Å². The number of carbonyl (C=O) groups excluding carboxylic acids is 1. The molecular formula is C29H34N4OS. The van der Waals surface area contributed by atoms with Crippen molar-refractivity contribution >= 4 is 17.7 Å². The van der Waals surface area contributed by atoms with Crippen molar-refractivity contribution in [3.05, 3.63) is 59.7 Å². The van der Waals surface area contributed by atoms with E-state index in [1.165, 1.54) is 61.4 Å². The van der Waals surface area contributed by atoms with Crippen LogP contribution in [0.15, 0.2) is 53.7 Å². The molecule has 1 heterocycles. The van der Waals surface area contributed by atoms with Gasteiger partial charge in [0.25, 0.3) is 0 Å². The number of hydrogen-bond donors (Lipinski definition) is 1. The van der Waals surface area contributed by atoms with Gasteiger partial charge in [0.15, 0.2) is 11.0 Å². The summed E-state index contributed by atoms with van der Waals surface area (Å²) in [6, 6.07) is 16.5. The summed E-state index contributed by atoms with van der Waals surface area (Å²) in [4.78, 5) is 12.9. The molecule has 182 valence electrons. The molecule has 5 nitrogen and oxygen atoms in total. The fraction of sp³-hybridized carbons (Fsp3) is 0.483. The number of thioether (sulfide) groups is 1. The molecule has 3 aromatic rings. The van der Waals surface area contributed by atoms with E-state index in [1.54, 1.807) is 0 Å². The van der Waals surface area contributed by atoms with E-state index in [2.05, 4.69) is 52.1 Å². The van der Waals surface area contributed by atoms with Crippen LogP contribution >= 0.6 is 11.8 Å². The van der Waals surface area contributed by atoms with Gasteiger partial charge in [-0.1, -0.05) is 48.2 Å². The predicted octanol–water partition coefficient (Wildman–Crippen LogP) is 5.98. The van der Waals surface area contributed by atoms with Crippen molar-refractivity contribution in [1.29, 1.82) is 0 Å². The van der Waals surface area contributed by atoms with Gasteiger partial charge in [-0.3, -0.25) is 9.36 Å². The molecule has 7 rings (SSSR count). The highest BCUT2D eigenvalue weighted by Crippen LogP contribution is 2.59. The van der Waals surface area contributed by atoms with Crippen LogP contribution in [0.25, 0.3) is 17.1 Å². The van der Waals surface area contributed by atoms with Crippen molar-refractivity contribution in [2.75, 3.05) is 12.3 Å². The van der Waals surface area contributed by atoms with Crippen LogP contribution in [0, 0.1) is 37.0 Å². The maximum atomic E-state index is 12.9. The SMILES string of the molecule is Cc1ccc(-n2c(SCC(=O)NCC34CC5CC(CC(C5)C3)C4)nnc2-c2ccccc2)cc1C. The molecule has 1 N–H and O–H groups in total. The van der Waals surface area contributed by atoms with Gasteiger partial charge in [0, 0.05) is 12.1 Å². The minimum absolute atomic E-state index is 0.0987. The van der Waals surface area contributed by atoms with E-state index >= 15 is 0 Å². The molecule has 4 aliphatic carbocycles. The van der Waals surface area contributed by atoms with E-state index in [1.807, 2.05) is 30.3 Å². The van der Waals surface area contributed by atoms with Gasteiger partial charge in [-0.2, -0.15) is 0 Å². The van der Waals surface area contributed by atoms with Crippen molar-refractivity contribution in [3.63, 3.8) is 0 Å². The topological polar surface area (TPSA) is 59.8 Å². The molecule has 0 saturated heterocycles. The summed E-state index contributed by atoms with van der Waals surface area (Å²) in [5, 5.41) is 13.1. The third kappa shape index (κ3) is 4.53. The number of benzene rings is 2. The molecule has 1 aromatic heterocycles. The Balaban J connectivity index is 1.18. The van der Waals surface area contributed by atoms with Gasteiger partial charge < -0.3 is 5.32 Å². The summed E-state index contributed by atoms with van der Waals surface area (Å²) in [7, 11) is 0. The molecule has 0 atom stereocenters. The van der Waals surface area contributed by atoms with Crippen LogP contribution in [0.5, 0.6) is 0 Å². The van der Waals surface area contributed by atoms with Crippen LogP contribution in [-0.4, -0.2) is 33.0 Å². The van der Waals surface area contributed by atoms with Crippen LogP contribution in [0.3, 0.4) is 0 Å². The molecule has 4 fully saturated rings. The van der Waals surface area contributed by atoms with Crippen LogP contribution < -0.4 is 5.32 Å². The van der Waals surface area contributed by atoms with Gasteiger partial charge in [0.05, 0.1) is 11.4 Å². The average molecular weight is 487 g/mol. The number of aromatic nitrogens is 3. The second-order valence-corrected chi connectivity index (χ2v) is 12.2. The lowest BCUT2D eigenvalue weighted by molar-refractivity contribution is -0.120. The minimum atomic E-state index is 0.0987. The Bertz CT molecular complexity index is 1200. The van der Waals surface area contributed by atoms with Gasteiger partial charge in [0.2, 0.25) is 5.91 Å². The van der Waals surface area contributed by atoms with Crippen LogP contribution in [-0.2, 0) is 4.79 Å². The molecule has 35 heavy (non-hydrogen) atoms. The minimum Gasteiger partial charge on any atom is -0.355 e. The van der Waals surface area contributed by atoms with E-state index in [-0.39, 0.29) is 5.91 Å². The van der Waals surface area contributed by atoms with Crippen LogP contribution in [0.4, 0.5) is 0 Å². The Morgan fingerprint density at radius 1 is 0.971 bits per heavy atom. The molecule has 4 aliphatic rings. The Hall–Kier alpha value is -2.60. The second-order valence-electron chi connectivity index (χ2n) is 11.3. The lowest BCUT2D eigenvalue weighted by Gasteiger charge is -2.56. The fourth-order valence-electron chi connectivity index (χ4n) is 7.21. The van der Waals surface area contributed by atoms with E-state index < -0.39 is 0 Å². The first-order chi connectivity index (χ1) is 17.0. The number of hydrogen-bond acceptors (Lipinski definition) is 4. The van der Waals surface area contributed by atoms with E-state index in [0.717, 1.165) is 46.5 Å². The first-order valence-electron chi connectivity index (χ1n) is 13.0. The van der Waals surface area contributed by atoms with Crippen molar-refractivity contribution in [2.45, 2.75) is 57.5 Å². The summed E-state index contributed by atoms with van der Waals surface area (Å²) in [6.45, 7) is 5.08. The third-order valence-electron chi connectivity index (χ3n) is 8.57. The quantitative estimate of drug-likeness (QED) is 0.418. The molecule has 0 unspecified atom stereocenters. The second kappa shape index (κ2) is 9.12. The van der Waals surface area contributed by atoms with Crippen molar-refractivity contribution < 1.29 is 4.79 Å².